The first kappa shape index (κ1) is 23.6. The average molecular weight is 522 g/mol. The fourth-order valence-electron chi connectivity index (χ4n) is 4.33. The Labute approximate surface area is 222 Å². The summed E-state index contributed by atoms with van der Waals surface area (Å²) < 4.78 is 5.81. The van der Waals surface area contributed by atoms with Crippen LogP contribution in [0.1, 0.15) is 24.1 Å². The van der Waals surface area contributed by atoms with Crippen LogP contribution in [-0.2, 0) is 4.79 Å². The van der Waals surface area contributed by atoms with E-state index in [2.05, 4.69) is 30.9 Å². The molecule has 1 aliphatic rings. The molecule has 3 aromatic heterocycles. The first-order valence-corrected chi connectivity index (χ1v) is 12.8. The zero-order chi connectivity index (χ0) is 26.1. The Morgan fingerprint density at radius 3 is 2.63 bits per heavy atom. The highest BCUT2D eigenvalue weighted by Gasteiger charge is 2.31. The number of rotatable bonds is 5. The van der Waals surface area contributed by atoms with Gasteiger partial charge >= 0.3 is 6.01 Å². The highest BCUT2D eigenvalue weighted by Crippen LogP contribution is 2.35. The van der Waals surface area contributed by atoms with E-state index in [9.17, 15) is 4.79 Å². The van der Waals surface area contributed by atoms with Crippen molar-refractivity contribution in [2.24, 2.45) is 4.99 Å². The largest absolute Gasteiger partial charge is 0.423 e. The summed E-state index contributed by atoms with van der Waals surface area (Å²) in [6.07, 6.45) is 5.20. The summed E-state index contributed by atoms with van der Waals surface area (Å²) in [7, 11) is 0. The van der Waals surface area contributed by atoms with Crippen LogP contribution >= 0.6 is 11.3 Å². The number of pyridine rings is 1. The highest BCUT2D eigenvalue weighted by atomic mass is 32.1. The number of amides is 1. The molecule has 0 saturated carbocycles. The lowest BCUT2D eigenvalue weighted by Crippen LogP contribution is -2.37. The number of allylic oxidation sites excluding steroid dienone is 1. The van der Waals surface area contributed by atoms with Crippen LogP contribution < -0.4 is 16.0 Å². The minimum Gasteiger partial charge on any atom is -0.423 e. The molecule has 9 nitrogen and oxygen atoms in total. The minimum atomic E-state index is -0.552. The first-order valence-electron chi connectivity index (χ1n) is 12.0. The molecule has 0 radical (unpaired) electrons. The number of hydrogen-bond donors (Lipinski definition) is 3. The van der Waals surface area contributed by atoms with Gasteiger partial charge < -0.3 is 9.73 Å². The van der Waals surface area contributed by atoms with Crippen molar-refractivity contribution in [2.75, 3.05) is 10.6 Å². The van der Waals surface area contributed by atoms with Crippen molar-refractivity contribution in [2.45, 2.75) is 19.9 Å². The molecule has 1 aliphatic heterocycles. The Balaban J connectivity index is 1.30. The van der Waals surface area contributed by atoms with Gasteiger partial charge in [-0.1, -0.05) is 47.7 Å². The van der Waals surface area contributed by atoms with Crippen molar-refractivity contribution in [1.29, 1.82) is 0 Å². The average Bonchev–Trinajstić information content (AvgIpc) is 3.55. The second kappa shape index (κ2) is 9.91. The van der Waals surface area contributed by atoms with Crippen molar-refractivity contribution in [3.8, 4) is 10.4 Å². The standard InChI is InChI=1S/C28H23N7O2S/c1-16-7-3-4-8-19(16)24-23(25(36)34-28-30-15-22(38-28)18-11-13-29-14-12-18)17(2)31-26(33-24)35-27-32-20-9-5-6-10-21(20)37-27/h3-15,24H,1-2H3,(H,30,34,36)(H2,31,32,33,35). The summed E-state index contributed by atoms with van der Waals surface area (Å²) in [5, 5.41) is 9.81. The van der Waals surface area contributed by atoms with Crippen LogP contribution in [-0.4, -0.2) is 26.8 Å². The molecule has 0 aliphatic carbocycles. The van der Waals surface area contributed by atoms with Gasteiger partial charge in [0, 0.05) is 24.3 Å². The van der Waals surface area contributed by atoms with E-state index in [0.29, 0.717) is 34.0 Å². The number of anilines is 2. The third-order valence-electron chi connectivity index (χ3n) is 6.18. The number of carbonyl (C=O) groups is 1. The molecule has 2 aromatic carbocycles. The minimum absolute atomic E-state index is 0.274. The Morgan fingerprint density at radius 2 is 1.82 bits per heavy atom. The summed E-state index contributed by atoms with van der Waals surface area (Å²) >= 11 is 1.40. The van der Waals surface area contributed by atoms with Crippen LogP contribution in [0.25, 0.3) is 21.5 Å². The number of hydrogen-bond acceptors (Lipinski definition) is 9. The zero-order valence-corrected chi connectivity index (χ0v) is 21.4. The zero-order valence-electron chi connectivity index (χ0n) is 20.6. The summed E-state index contributed by atoms with van der Waals surface area (Å²) in [6.45, 7) is 3.86. The molecule has 0 fully saturated rings. The van der Waals surface area contributed by atoms with E-state index < -0.39 is 6.04 Å². The van der Waals surface area contributed by atoms with Crippen molar-refractivity contribution < 1.29 is 9.21 Å². The third-order valence-corrected chi connectivity index (χ3v) is 7.14. The molecule has 4 heterocycles. The monoisotopic (exact) mass is 521 g/mol. The molecule has 38 heavy (non-hydrogen) atoms. The van der Waals surface area contributed by atoms with Gasteiger partial charge in [0.15, 0.2) is 10.7 Å². The fraction of sp³-hybridized carbons (Fsp3) is 0.107. The third kappa shape index (κ3) is 4.64. The highest BCUT2D eigenvalue weighted by molar-refractivity contribution is 7.19. The van der Waals surface area contributed by atoms with E-state index in [4.69, 9.17) is 9.41 Å². The molecule has 1 atom stereocenters. The SMILES string of the molecule is CC1=C(C(=O)Nc2ncc(-c3ccncc3)s2)C(c2ccccc2C)N=C(Nc2nc3ccccc3o2)N1. The summed E-state index contributed by atoms with van der Waals surface area (Å²) in [6, 6.07) is 19.0. The number of benzene rings is 2. The number of nitrogens with one attached hydrogen (secondary N) is 3. The van der Waals surface area contributed by atoms with Gasteiger partial charge in [-0.25, -0.2) is 9.98 Å². The molecule has 1 unspecified atom stereocenters. The quantitative estimate of drug-likeness (QED) is 0.272. The second-order valence-corrected chi connectivity index (χ2v) is 9.76. The number of oxazole rings is 1. The number of fused-ring (bicyclic) bond motifs is 1. The fourth-order valence-corrected chi connectivity index (χ4v) is 5.14. The van der Waals surface area contributed by atoms with Crippen molar-refractivity contribution >= 4 is 45.4 Å². The predicted molar refractivity (Wildman–Crippen MR) is 149 cm³/mol. The number of aryl methyl sites for hydroxylation is 1. The van der Waals surface area contributed by atoms with Gasteiger partial charge in [0.2, 0.25) is 5.96 Å². The van der Waals surface area contributed by atoms with E-state index in [1.54, 1.807) is 18.6 Å². The first-order chi connectivity index (χ1) is 18.5. The van der Waals surface area contributed by atoms with Gasteiger partial charge in [0.1, 0.15) is 11.6 Å². The lowest BCUT2D eigenvalue weighted by Gasteiger charge is -2.27. The van der Waals surface area contributed by atoms with E-state index in [-0.39, 0.29) is 5.91 Å². The van der Waals surface area contributed by atoms with Crippen LogP contribution in [0.3, 0.4) is 0 Å². The van der Waals surface area contributed by atoms with Crippen LogP contribution in [0, 0.1) is 6.92 Å². The molecule has 0 spiro atoms. The smallest absolute Gasteiger partial charge is 0.302 e. The maximum Gasteiger partial charge on any atom is 0.302 e. The molecule has 5 aromatic rings. The van der Waals surface area contributed by atoms with Gasteiger partial charge in [-0.05, 0) is 54.8 Å². The lowest BCUT2D eigenvalue weighted by molar-refractivity contribution is -0.113. The van der Waals surface area contributed by atoms with Crippen molar-refractivity contribution in [1.82, 2.24) is 20.3 Å². The van der Waals surface area contributed by atoms with Gasteiger partial charge in [-0.2, -0.15) is 4.98 Å². The number of guanidine groups is 1. The van der Waals surface area contributed by atoms with E-state index in [1.165, 1.54) is 11.3 Å². The molecular formula is C28H23N7O2S. The Bertz CT molecular complexity index is 1670. The number of para-hydroxylation sites is 2. The van der Waals surface area contributed by atoms with Gasteiger partial charge in [-0.15, -0.1) is 0 Å². The molecule has 6 rings (SSSR count). The molecule has 3 N–H and O–H groups in total. The molecule has 0 bridgehead atoms. The molecule has 10 heteroatoms. The van der Waals surface area contributed by atoms with Crippen molar-refractivity contribution in [3.05, 3.63) is 102 Å². The molecule has 188 valence electrons. The number of thiazole rings is 1. The van der Waals surface area contributed by atoms with Gasteiger partial charge in [-0.3, -0.25) is 20.4 Å². The number of nitrogens with zero attached hydrogens (tertiary/aromatic N) is 4. The number of aliphatic imine (C=N–C) groups is 1. The summed E-state index contributed by atoms with van der Waals surface area (Å²) in [5.41, 5.74) is 5.51. The lowest BCUT2D eigenvalue weighted by atomic mass is 9.92. The second-order valence-electron chi connectivity index (χ2n) is 8.73. The summed E-state index contributed by atoms with van der Waals surface area (Å²) in [4.78, 5) is 32.4. The Kier molecular flexibility index (Phi) is 6.14. The van der Waals surface area contributed by atoms with Gasteiger partial charge in [0.25, 0.3) is 5.91 Å². The Morgan fingerprint density at radius 1 is 1.03 bits per heavy atom. The summed E-state index contributed by atoms with van der Waals surface area (Å²) in [5.74, 6) is 0.164. The topological polar surface area (TPSA) is 117 Å². The molecule has 0 saturated heterocycles. The van der Waals surface area contributed by atoms with Gasteiger partial charge in [0.05, 0.1) is 10.5 Å². The maximum atomic E-state index is 13.6. The normalized spacial score (nSPS) is 15.2. The Hall–Kier alpha value is -4.83. The number of aromatic nitrogens is 3. The molecule has 1 amide bonds. The molecular weight excluding hydrogens is 498 g/mol. The number of carbonyl (C=O) groups excluding carboxylic acids is 1. The van der Waals surface area contributed by atoms with Crippen LogP contribution in [0.5, 0.6) is 0 Å². The van der Waals surface area contributed by atoms with Crippen molar-refractivity contribution in [3.63, 3.8) is 0 Å². The van der Waals surface area contributed by atoms with Crippen LogP contribution in [0.15, 0.2) is 99.9 Å². The predicted octanol–water partition coefficient (Wildman–Crippen LogP) is 5.68. The van der Waals surface area contributed by atoms with Crippen LogP contribution in [0.2, 0.25) is 0 Å². The van der Waals surface area contributed by atoms with E-state index >= 15 is 0 Å². The maximum absolute atomic E-state index is 13.6. The van der Waals surface area contributed by atoms with Crippen LogP contribution in [0.4, 0.5) is 11.1 Å². The van der Waals surface area contributed by atoms with E-state index in [0.717, 1.165) is 27.1 Å². The van der Waals surface area contributed by atoms with E-state index in [1.807, 2.05) is 74.5 Å².